The zero-order valence-corrected chi connectivity index (χ0v) is 23.2. The zero-order chi connectivity index (χ0) is 29.3. The van der Waals surface area contributed by atoms with Crippen LogP contribution in [0.4, 0.5) is 0 Å². The SMILES string of the molecule is COc1c(C)ccc2c1C(=O)c1c(O)c3c(c(O)c1C2=O)C[C@@](C)(O)C[C@@H]3OC1OC(C)C(OC)C(OC)C1O. The van der Waals surface area contributed by atoms with Crippen LogP contribution in [-0.4, -0.2) is 89.6 Å². The summed E-state index contributed by atoms with van der Waals surface area (Å²) in [6.07, 6.45) is -5.86. The predicted molar refractivity (Wildman–Crippen MR) is 139 cm³/mol. The van der Waals surface area contributed by atoms with Crippen molar-refractivity contribution in [3.63, 3.8) is 0 Å². The van der Waals surface area contributed by atoms with E-state index in [1.54, 1.807) is 19.9 Å². The van der Waals surface area contributed by atoms with Crippen molar-refractivity contribution in [2.75, 3.05) is 21.3 Å². The van der Waals surface area contributed by atoms with E-state index >= 15 is 0 Å². The number of hydrogen-bond acceptors (Lipinski definition) is 11. The molecule has 216 valence electrons. The summed E-state index contributed by atoms with van der Waals surface area (Å²) in [5, 5.41) is 45.1. The van der Waals surface area contributed by atoms with Gasteiger partial charge in [0, 0.05) is 43.8 Å². The highest BCUT2D eigenvalue weighted by molar-refractivity contribution is 6.31. The van der Waals surface area contributed by atoms with Crippen LogP contribution in [0.1, 0.15) is 74.9 Å². The van der Waals surface area contributed by atoms with Gasteiger partial charge in [-0.1, -0.05) is 6.07 Å². The molecule has 11 nitrogen and oxygen atoms in total. The number of phenolic OH excluding ortho intramolecular Hbond substituents is 2. The topological polar surface area (TPSA) is 161 Å². The molecule has 0 aromatic heterocycles. The Morgan fingerprint density at radius 3 is 2.25 bits per heavy atom. The van der Waals surface area contributed by atoms with Crippen molar-refractivity contribution < 1.29 is 53.7 Å². The first-order valence-electron chi connectivity index (χ1n) is 13.0. The highest BCUT2D eigenvalue weighted by Crippen LogP contribution is 2.52. The van der Waals surface area contributed by atoms with Crippen LogP contribution in [0.5, 0.6) is 17.2 Å². The van der Waals surface area contributed by atoms with Crippen molar-refractivity contribution in [3.05, 3.63) is 51.1 Å². The smallest absolute Gasteiger partial charge is 0.202 e. The Balaban J connectivity index is 1.65. The second-order valence-corrected chi connectivity index (χ2v) is 10.9. The van der Waals surface area contributed by atoms with Gasteiger partial charge in [0.25, 0.3) is 0 Å². The number of aliphatic hydroxyl groups is 2. The normalized spacial score (nSPS) is 31.4. The fraction of sp³-hybridized carbons (Fsp3) is 0.517. The van der Waals surface area contributed by atoms with Crippen LogP contribution in [0.3, 0.4) is 0 Å². The molecule has 2 aromatic rings. The van der Waals surface area contributed by atoms with Crippen LogP contribution < -0.4 is 4.74 Å². The summed E-state index contributed by atoms with van der Waals surface area (Å²) < 4.78 is 28.4. The van der Waals surface area contributed by atoms with E-state index in [9.17, 15) is 30.0 Å². The molecule has 5 rings (SSSR count). The minimum atomic E-state index is -1.43. The van der Waals surface area contributed by atoms with E-state index in [-0.39, 0.29) is 52.0 Å². The molecule has 0 radical (unpaired) electrons. The average Bonchev–Trinajstić information content (AvgIpc) is 2.89. The summed E-state index contributed by atoms with van der Waals surface area (Å²) in [6, 6.07) is 3.12. The number of phenols is 2. The minimum Gasteiger partial charge on any atom is -0.507 e. The first-order valence-corrected chi connectivity index (χ1v) is 13.0. The van der Waals surface area contributed by atoms with E-state index in [1.165, 1.54) is 34.3 Å². The Labute approximate surface area is 231 Å². The number of carbonyl (C=O) groups excluding carboxylic acids is 2. The highest BCUT2D eigenvalue weighted by atomic mass is 16.7. The lowest BCUT2D eigenvalue weighted by molar-refractivity contribution is -0.314. The van der Waals surface area contributed by atoms with Crippen LogP contribution >= 0.6 is 0 Å². The summed E-state index contributed by atoms with van der Waals surface area (Å²) in [5.74, 6) is -2.23. The van der Waals surface area contributed by atoms with Gasteiger partial charge in [-0.05, 0) is 32.4 Å². The van der Waals surface area contributed by atoms with Crippen LogP contribution in [0, 0.1) is 6.92 Å². The molecule has 7 atom stereocenters. The molecule has 1 fully saturated rings. The summed E-state index contributed by atoms with van der Waals surface area (Å²) in [7, 11) is 4.27. The maximum absolute atomic E-state index is 13.8. The molecule has 4 N–H and O–H groups in total. The van der Waals surface area contributed by atoms with E-state index in [0.717, 1.165) is 0 Å². The number of aryl methyl sites for hydroxylation is 1. The number of carbonyl (C=O) groups is 2. The third kappa shape index (κ3) is 4.20. The van der Waals surface area contributed by atoms with Gasteiger partial charge in [-0.15, -0.1) is 0 Å². The number of fused-ring (bicyclic) bond motifs is 3. The molecule has 0 bridgehead atoms. The Kier molecular flexibility index (Phi) is 7.18. The molecule has 5 unspecified atom stereocenters. The third-order valence-electron chi connectivity index (χ3n) is 8.17. The van der Waals surface area contributed by atoms with Gasteiger partial charge in [-0.2, -0.15) is 0 Å². The van der Waals surface area contributed by atoms with Crippen molar-refractivity contribution in [2.45, 2.75) is 76.0 Å². The molecule has 2 aliphatic carbocycles. The predicted octanol–water partition coefficient (Wildman–Crippen LogP) is 2.08. The van der Waals surface area contributed by atoms with Crippen molar-refractivity contribution >= 4 is 11.6 Å². The molecule has 1 heterocycles. The van der Waals surface area contributed by atoms with E-state index < -0.39 is 65.5 Å². The molecular weight excluding hydrogens is 524 g/mol. The lowest BCUT2D eigenvalue weighted by Gasteiger charge is -2.45. The van der Waals surface area contributed by atoms with Crippen LogP contribution in [0.25, 0.3) is 0 Å². The first-order chi connectivity index (χ1) is 18.9. The Morgan fingerprint density at radius 1 is 0.975 bits per heavy atom. The molecule has 40 heavy (non-hydrogen) atoms. The van der Waals surface area contributed by atoms with Gasteiger partial charge in [0.1, 0.15) is 35.6 Å². The monoisotopic (exact) mass is 558 g/mol. The number of ether oxygens (including phenoxy) is 5. The van der Waals surface area contributed by atoms with Crippen molar-refractivity contribution in [1.29, 1.82) is 0 Å². The van der Waals surface area contributed by atoms with Gasteiger partial charge in [0.2, 0.25) is 5.78 Å². The van der Waals surface area contributed by atoms with E-state index in [2.05, 4.69) is 0 Å². The molecule has 0 spiro atoms. The largest absolute Gasteiger partial charge is 0.507 e. The number of rotatable bonds is 5. The summed E-state index contributed by atoms with van der Waals surface area (Å²) in [4.78, 5) is 27.4. The van der Waals surface area contributed by atoms with Crippen molar-refractivity contribution in [2.24, 2.45) is 0 Å². The number of benzene rings is 2. The molecule has 0 saturated carbocycles. The fourth-order valence-corrected chi connectivity index (χ4v) is 6.32. The van der Waals surface area contributed by atoms with Crippen LogP contribution in [0.2, 0.25) is 0 Å². The maximum Gasteiger partial charge on any atom is 0.202 e. The Hall–Kier alpha value is -3.06. The van der Waals surface area contributed by atoms with E-state index in [1.807, 2.05) is 0 Å². The highest BCUT2D eigenvalue weighted by Gasteiger charge is 2.49. The summed E-state index contributed by atoms with van der Waals surface area (Å²) in [5.41, 5.74) is -1.41. The molecule has 3 aliphatic rings. The van der Waals surface area contributed by atoms with Gasteiger partial charge < -0.3 is 44.1 Å². The zero-order valence-electron chi connectivity index (χ0n) is 23.2. The standard InChI is InChI=1S/C29H34O11/c1-11-7-8-13-17(25(11)36-4)23(33)19-18(20(13)30)21(31)14-9-29(3,35)10-15(16(14)22(19)32)40-28-24(34)27(38-6)26(37-5)12(2)39-28/h7-8,12,15,24,26-28,31-32,34-35H,9-10H2,1-6H3/t12?,15-,24?,26?,27?,28?,29+/m0/s1. The molecule has 11 heteroatoms. The number of aromatic hydroxyl groups is 2. The number of ketones is 2. The lowest BCUT2D eigenvalue weighted by atomic mass is 9.73. The first kappa shape index (κ1) is 28.5. The quantitative estimate of drug-likeness (QED) is 0.339. The van der Waals surface area contributed by atoms with Crippen molar-refractivity contribution in [3.8, 4) is 17.2 Å². The van der Waals surface area contributed by atoms with E-state index in [0.29, 0.717) is 5.56 Å². The summed E-state index contributed by atoms with van der Waals surface area (Å²) >= 11 is 0. The maximum atomic E-state index is 13.8. The minimum absolute atomic E-state index is 0.0108. The van der Waals surface area contributed by atoms with E-state index in [4.69, 9.17) is 23.7 Å². The average molecular weight is 559 g/mol. The third-order valence-corrected chi connectivity index (χ3v) is 8.17. The molecular formula is C29H34O11. The van der Waals surface area contributed by atoms with Gasteiger partial charge in [0.15, 0.2) is 12.1 Å². The van der Waals surface area contributed by atoms with Gasteiger partial charge >= 0.3 is 0 Å². The second kappa shape index (κ2) is 10.1. The molecule has 1 saturated heterocycles. The van der Waals surface area contributed by atoms with Crippen molar-refractivity contribution in [1.82, 2.24) is 0 Å². The second-order valence-electron chi connectivity index (χ2n) is 10.9. The Morgan fingerprint density at radius 2 is 1.62 bits per heavy atom. The number of methoxy groups -OCH3 is 3. The Bertz CT molecular complexity index is 1380. The van der Waals surface area contributed by atoms with Gasteiger partial charge in [-0.25, -0.2) is 0 Å². The molecule has 1 aliphatic heterocycles. The lowest BCUT2D eigenvalue weighted by Crippen LogP contribution is -2.59. The fourth-order valence-electron chi connectivity index (χ4n) is 6.32. The van der Waals surface area contributed by atoms with Crippen LogP contribution in [0.15, 0.2) is 12.1 Å². The molecule has 2 aromatic carbocycles. The number of aliphatic hydroxyl groups excluding tert-OH is 1. The van der Waals surface area contributed by atoms with Crippen LogP contribution in [-0.2, 0) is 25.4 Å². The molecule has 0 amide bonds. The summed E-state index contributed by atoms with van der Waals surface area (Å²) in [6.45, 7) is 4.97. The number of hydrogen-bond donors (Lipinski definition) is 4. The van der Waals surface area contributed by atoms with Gasteiger partial charge in [0.05, 0.1) is 41.6 Å². The van der Waals surface area contributed by atoms with Gasteiger partial charge in [-0.3, -0.25) is 9.59 Å².